The second kappa shape index (κ2) is 11.3. The van der Waals surface area contributed by atoms with Crippen molar-refractivity contribution in [3.05, 3.63) is 81.9 Å². The Bertz CT molecular complexity index is 1400. The van der Waals surface area contributed by atoms with Crippen molar-refractivity contribution in [2.75, 3.05) is 0 Å². The van der Waals surface area contributed by atoms with Crippen molar-refractivity contribution in [2.24, 2.45) is 0 Å². The smallest absolute Gasteiger partial charge is 0.200 e. The Labute approximate surface area is 229 Å². The van der Waals surface area contributed by atoms with Crippen LogP contribution in [0.25, 0.3) is 0 Å². The van der Waals surface area contributed by atoms with Crippen LogP contribution in [0.3, 0.4) is 0 Å². The molecule has 40 heavy (non-hydrogen) atoms. The number of aryl methyl sites for hydroxylation is 6. The molecule has 0 radical (unpaired) electrons. The maximum atomic E-state index is 10.1. The van der Waals surface area contributed by atoms with E-state index in [1.165, 1.54) is 48.5 Å². The normalized spacial score (nSPS) is 11.1. The Balaban J connectivity index is 1.55. The molecule has 0 saturated carbocycles. The number of phenols is 10. The molecule has 4 aromatic rings. The van der Waals surface area contributed by atoms with Gasteiger partial charge in [0.15, 0.2) is 57.5 Å². The second-order valence-electron chi connectivity index (χ2n) is 9.68. The highest BCUT2D eigenvalue weighted by Gasteiger charge is 2.15. The summed E-state index contributed by atoms with van der Waals surface area (Å²) in [7, 11) is 0. The van der Waals surface area contributed by atoms with Gasteiger partial charge in [0.1, 0.15) is 0 Å². The van der Waals surface area contributed by atoms with Crippen molar-refractivity contribution >= 4 is 0 Å². The fraction of sp³-hybridized carbons (Fsp3) is 0.200. The Hall–Kier alpha value is -5.12. The van der Waals surface area contributed by atoms with Gasteiger partial charge in [0.25, 0.3) is 0 Å². The van der Waals surface area contributed by atoms with Gasteiger partial charge < -0.3 is 51.1 Å². The molecule has 0 atom stereocenters. The lowest BCUT2D eigenvalue weighted by molar-refractivity contribution is 0.367. The zero-order chi connectivity index (χ0) is 29.1. The summed E-state index contributed by atoms with van der Waals surface area (Å²) in [5, 5.41) is 98.8. The molecule has 0 bridgehead atoms. The molecule has 0 fully saturated rings. The molecule has 0 spiro atoms. The van der Waals surface area contributed by atoms with Crippen LogP contribution in [0.1, 0.15) is 33.4 Å². The summed E-state index contributed by atoms with van der Waals surface area (Å²) >= 11 is 0. The SMILES string of the molecule is Oc1cc(CCc2cc(O)c(O)c(O)c2)c(CCc2cc(O)c(O)cc2CCc2cc(O)c(O)c(O)c2)cc1O. The van der Waals surface area contributed by atoms with Crippen molar-refractivity contribution < 1.29 is 51.1 Å². The van der Waals surface area contributed by atoms with Crippen LogP contribution in [0.2, 0.25) is 0 Å². The lowest BCUT2D eigenvalue weighted by Gasteiger charge is -2.15. The first-order valence-electron chi connectivity index (χ1n) is 12.5. The summed E-state index contributed by atoms with van der Waals surface area (Å²) < 4.78 is 0. The summed E-state index contributed by atoms with van der Waals surface area (Å²) in [6, 6.07) is 11.1. The highest BCUT2D eigenvalue weighted by atomic mass is 16.3. The minimum absolute atomic E-state index is 0.306. The lowest BCUT2D eigenvalue weighted by Crippen LogP contribution is -2.03. The molecule has 10 heteroatoms. The standard InChI is InChI=1S/C30H30O10/c31-21-11-17(3-1-15-7-25(35)29(39)26(36)8-15)19(13-23(21)33)5-6-20-14-24(34)22(32)12-18(20)4-2-16-9-27(37)30(40)28(38)10-16/h7-14,31-40H,1-6H2. The lowest BCUT2D eigenvalue weighted by atomic mass is 9.91. The average molecular weight is 551 g/mol. The molecule has 0 aliphatic rings. The van der Waals surface area contributed by atoms with Gasteiger partial charge in [0.05, 0.1) is 0 Å². The van der Waals surface area contributed by atoms with Crippen LogP contribution < -0.4 is 0 Å². The van der Waals surface area contributed by atoms with Gasteiger partial charge >= 0.3 is 0 Å². The molecule has 0 saturated heterocycles. The summed E-state index contributed by atoms with van der Waals surface area (Å²) in [6.07, 6.45) is 2.19. The van der Waals surface area contributed by atoms with E-state index in [-0.39, 0.29) is 23.0 Å². The van der Waals surface area contributed by atoms with E-state index in [0.717, 1.165) is 0 Å². The fourth-order valence-corrected chi connectivity index (χ4v) is 4.70. The van der Waals surface area contributed by atoms with Crippen LogP contribution in [-0.2, 0) is 38.5 Å². The van der Waals surface area contributed by atoms with Crippen molar-refractivity contribution in [1.29, 1.82) is 0 Å². The van der Waals surface area contributed by atoms with Gasteiger partial charge in [-0.1, -0.05) is 0 Å². The number of hydrogen-bond acceptors (Lipinski definition) is 10. The molecule has 4 rings (SSSR count). The second-order valence-corrected chi connectivity index (χ2v) is 9.68. The van der Waals surface area contributed by atoms with Crippen LogP contribution in [0.15, 0.2) is 48.5 Å². The van der Waals surface area contributed by atoms with Crippen LogP contribution >= 0.6 is 0 Å². The Kier molecular flexibility index (Phi) is 7.90. The van der Waals surface area contributed by atoms with Gasteiger partial charge in [-0.05, 0) is 120 Å². The van der Waals surface area contributed by atoms with E-state index in [0.29, 0.717) is 71.9 Å². The average Bonchev–Trinajstić information content (AvgIpc) is 2.90. The van der Waals surface area contributed by atoms with Gasteiger partial charge in [0.2, 0.25) is 0 Å². The molecular formula is C30H30O10. The van der Waals surface area contributed by atoms with Gasteiger partial charge in [-0.2, -0.15) is 0 Å². The largest absolute Gasteiger partial charge is 0.504 e. The molecule has 0 aliphatic heterocycles. The van der Waals surface area contributed by atoms with Gasteiger partial charge in [-0.25, -0.2) is 0 Å². The third-order valence-corrected chi connectivity index (χ3v) is 6.88. The molecule has 0 aliphatic carbocycles. The van der Waals surface area contributed by atoms with Crippen molar-refractivity contribution in [2.45, 2.75) is 38.5 Å². The maximum absolute atomic E-state index is 10.1. The highest BCUT2D eigenvalue weighted by Crippen LogP contribution is 2.38. The molecule has 0 unspecified atom stereocenters. The first-order chi connectivity index (χ1) is 18.9. The van der Waals surface area contributed by atoms with Crippen LogP contribution in [0.4, 0.5) is 0 Å². The third-order valence-electron chi connectivity index (χ3n) is 6.88. The van der Waals surface area contributed by atoms with E-state index < -0.39 is 34.5 Å². The number of aromatic hydroxyl groups is 10. The van der Waals surface area contributed by atoms with E-state index in [2.05, 4.69) is 0 Å². The Morgan fingerprint density at radius 1 is 0.275 bits per heavy atom. The minimum Gasteiger partial charge on any atom is -0.504 e. The van der Waals surface area contributed by atoms with Crippen LogP contribution in [0, 0.1) is 0 Å². The van der Waals surface area contributed by atoms with E-state index in [1.807, 2.05) is 0 Å². The van der Waals surface area contributed by atoms with Gasteiger partial charge in [0, 0.05) is 0 Å². The molecule has 0 amide bonds. The Morgan fingerprint density at radius 3 is 0.750 bits per heavy atom. The molecule has 210 valence electrons. The Morgan fingerprint density at radius 2 is 0.500 bits per heavy atom. The predicted octanol–water partition coefficient (Wildman–Crippen LogP) is 4.10. The molecule has 10 nitrogen and oxygen atoms in total. The topological polar surface area (TPSA) is 202 Å². The summed E-state index contributed by atoms with van der Waals surface area (Å²) in [5.74, 6) is -4.28. The summed E-state index contributed by atoms with van der Waals surface area (Å²) in [4.78, 5) is 0. The monoisotopic (exact) mass is 550 g/mol. The molecule has 10 N–H and O–H groups in total. The number of benzene rings is 4. The van der Waals surface area contributed by atoms with Gasteiger partial charge in [-0.15, -0.1) is 0 Å². The van der Waals surface area contributed by atoms with Crippen LogP contribution in [0.5, 0.6) is 57.5 Å². The zero-order valence-corrected chi connectivity index (χ0v) is 21.3. The number of rotatable bonds is 9. The first kappa shape index (κ1) is 27.9. The minimum atomic E-state index is -0.612. The van der Waals surface area contributed by atoms with E-state index in [9.17, 15) is 51.1 Å². The summed E-state index contributed by atoms with van der Waals surface area (Å²) in [6.45, 7) is 0. The quantitative estimate of drug-likeness (QED) is 0.135. The third kappa shape index (κ3) is 6.12. The molecule has 0 aromatic heterocycles. The van der Waals surface area contributed by atoms with E-state index in [4.69, 9.17) is 0 Å². The van der Waals surface area contributed by atoms with Gasteiger partial charge in [-0.3, -0.25) is 0 Å². The highest BCUT2D eigenvalue weighted by molar-refractivity contribution is 5.53. The van der Waals surface area contributed by atoms with Crippen molar-refractivity contribution in [3.63, 3.8) is 0 Å². The van der Waals surface area contributed by atoms with E-state index in [1.54, 1.807) is 0 Å². The number of phenolic OH excluding ortho intramolecular Hbond substituents is 10. The van der Waals surface area contributed by atoms with Crippen molar-refractivity contribution in [1.82, 2.24) is 0 Å². The predicted molar refractivity (Wildman–Crippen MR) is 145 cm³/mol. The molecular weight excluding hydrogens is 520 g/mol. The fourth-order valence-electron chi connectivity index (χ4n) is 4.70. The maximum Gasteiger partial charge on any atom is 0.200 e. The molecule has 4 aromatic carbocycles. The van der Waals surface area contributed by atoms with E-state index >= 15 is 0 Å². The molecule has 0 heterocycles. The zero-order valence-electron chi connectivity index (χ0n) is 21.3. The van der Waals surface area contributed by atoms with Crippen LogP contribution in [-0.4, -0.2) is 51.1 Å². The first-order valence-corrected chi connectivity index (χ1v) is 12.5. The van der Waals surface area contributed by atoms with Crippen molar-refractivity contribution in [3.8, 4) is 57.5 Å². The number of hydrogen-bond donors (Lipinski definition) is 10. The summed E-state index contributed by atoms with van der Waals surface area (Å²) in [5.41, 5.74) is 3.89.